The number of hydrogen-bond acceptors (Lipinski definition) is 4. The van der Waals surface area contributed by atoms with E-state index in [0.29, 0.717) is 5.95 Å². The van der Waals surface area contributed by atoms with Crippen molar-refractivity contribution in [1.29, 1.82) is 0 Å². The van der Waals surface area contributed by atoms with Crippen molar-refractivity contribution >= 4 is 28.2 Å². The lowest BCUT2D eigenvalue weighted by Crippen LogP contribution is -2.07. The molecule has 1 N–H and O–H groups in total. The van der Waals surface area contributed by atoms with Crippen LogP contribution in [0.3, 0.4) is 0 Å². The first-order valence-corrected chi connectivity index (χ1v) is 7.12. The van der Waals surface area contributed by atoms with E-state index in [1.54, 1.807) is 4.52 Å². The van der Waals surface area contributed by atoms with E-state index in [4.69, 9.17) is 0 Å². The van der Waals surface area contributed by atoms with Crippen molar-refractivity contribution in [1.82, 2.24) is 14.6 Å². The Labute approximate surface area is 120 Å². The molecule has 0 bridgehead atoms. The van der Waals surface area contributed by atoms with Gasteiger partial charge >= 0.3 is 0 Å². The second-order valence-corrected chi connectivity index (χ2v) is 5.59. The number of thiazole rings is 1. The number of benzene rings is 1. The monoisotopic (exact) mass is 286 g/mol. The number of rotatable bonds is 2. The predicted molar refractivity (Wildman–Crippen MR) is 80.1 cm³/mol. The Kier molecular flexibility index (Phi) is 3.02. The number of amides is 1. The van der Waals surface area contributed by atoms with E-state index in [1.807, 2.05) is 5.38 Å². The molecule has 0 saturated heterocycles. The molecule has 0 aliphatic carbocycles. The molecular formula is C14H14N4OS. The van der Waals surface area contributed by atoms with Gasteiger partial charge in [0.1, 0.15) is 0 Å². The zero-order chi connectivity index (χ0) is 14.3. The van der Waals surface area contributed by atoms with E-state index in [9.17, 15) is 4.79 Å². The highest BCUT2D eigenvalue weighted by molar-refractivity contribution is 7.15. The summed E-state index contributed by atoms with van der Waals surface area (Å²) in [6.07, 6.45) is 0. The summed E-state index contributed by atoms with van der Waals surface area (Å²) in [7, 11) is 0. The Hall–Kier alpha value is -2.21. The second kappa shape index (κ2) is 4.72. The molecule has 0 aliphatic heterocycles. The van der Waals surface area contributed by atoms with Crippen molar-refractivity contribution in [3.05, 3.63) is 34.7 Å². The van der Waals surface area contributed by atoms with E-state index in [-0.39, 0.29) is 5.91 Å². The summed E-state index contributed by atoms with van der Waals surface area (Å²) in [6, 6.07) is 6.31. The third-order valence-corrected chi connectivity index (χ3v) is 3.84. The van der Waals surface area contributed by atoms with E-state index in [1.165, 1.54) is 29.4 Å². The Morgan fingerprint density at radius 1 is 1.35 bits per heavy atom. The largest absolute Gasteiger partial charge is 0.293 e. The van der Waals surface area contributed by atoms with Crippen LogP contribution in [0, 0.1) is 13.8 Å². The Morgan fingerprint density at radius 3 is 2.85 bits per heavy atom. The maximum atomic E-state index is 11.1. The van der Waals surface area contributed by atoms with Crippen LogP contribution in [0.25, 0.3) is 16.2 Å². The number of anilines is 1. The number of aromatic nitrogens is 3. The molecule has 20 heavy (non-hydrogen) atoms. The average molecular weight is 286 g/mol. The summed E-state index contributed by atoms with van der Waals surface area (Å²) >= 11 is 1.51. The van der Waals surface area contributed by atoms with Crippen molar-refractivity contribution in [3.8, 4) is 11.3 Å². The Morgan fingerprint density at radius 2 is 2.15 bits per heavy atom. The maximum absolute atomic E-state index is 11.1. The molecule has 2 aromatic heterocycles. The predicted octanol–water partition coefficient (Wildman–Crippen LogP) is 3.03. The van der Waals surface area contributed by atoms with E-state index < -0.39 is 0 Å². The quantitative estimate of drug-likeness (QED) is 0.787. The molecule has 2 heterocycles. The van der Waals surface area contributed by atoms with Gasteiger partial charge in [0.2, 0.25) is 16.8 Å². The molecule has 0 spiro atoms. The van der Waals surface area contributed by atoms with Crippen LogP contribution in [0.1, 0.15) is 18.1 Å². The molecule has 6 heteroatoms. The molecule has 0 aliphatic rings. The number of carbonyl (C=O) groups excluding carboxylic acids is 1. The Balaban J connectivity index is 2.11. The summed E-state index contributed by atoms with van der Waals surface area (Å²) < 4.78 is 1.77. The van der Waals surface area contributed by atoms with Crippen LogP contribution in [0.2, 0.25) is 0 Å². The normalized spacial score (nSPS) is 10.9. The van der Waals surface area contributed by atoms with Crippen LogP contribution in [-0.4, -0.2) is 20.5 Å². The van der Waals surface area contributed by atoms with Gasteiger partial charge in [-0.15, -0.1) is 16.4 Å². The van der Waals surface area contributed by atoms with Crippen molar-refractivity contribution < 1.29 is 4.79 Å². The highest BCUT2D eigenvalue weighted by atomic mass is 32.1. The summed E-state index contributed by atoms with van der Waals surface area (Å²) in [6.45, 7) is 5.60. The molecule has 0 atom stereocenters. The van der Waals surface area contributed by atoms with Gasteiger partial charge in [-0.3, -0.25) is 10.1 Å². The zero-order valence-electron chi connectivity index (χ0n) is 11.5. The Bertz CT molecular complexity index is 803. The van der Waals surface area contributed by atoms with Crippen molar-refractivity contribution in [3.63, 3.8) is 0 Å². The van der Waals surface area contributed by atoms with Gasteiger partial charge in [-0.05, 0) is 19.4 Å². The molecule has 0 fully saturated rings. The fourth-order valence-electron chi connectivity index (χ4n) is 2.18. The summed E-state index contributed by atoms with van der Waals surface area (Å²) in [4.78, 5) is 16.1. The average Bonchev–Trinajstić information content (AvgIpc) is 2.88. The first-order chi connectivity index (χ1) is 9.54. The van der Waals surface area contributed by atoms with E-state index >= 15 is 0 Å². The van der Waals surface area contributed by atoms with Crippen LogP contribution in [0.4, 0.5) is 5.95 Å². The maximum Gasteiger partial charge on any atom is 0.250 e. The molecule has 1 amide bonds. The molecule has 3 aromatic rings. The van der Waals surface area contributed by atoms with Crippen LogP contribution in [-0.2, 0) is 4.79 Å². The van der Waals surface area contributed by atoms with Gasteiger partial charge in [-0.2, -0.15) is 4.98 Å². The smallest absolute Gasteiger partial charge is 0.250 e. The third kappa shape index (κ3) is 2.18. The molecule has 0 saturated carbocycles. The number of nitrogens with one attached hydrogen (secondary N) is 1. The zero-order valence-corrected chi connectivity index (χ0v) is 12.3. The fraction of sp³-hybridized carbons (Fsp3) is 0.214. The third-order valence-electron chi connectivity index (χ3n) is 3.03. The number of fused-ring (bicyclic) bond motifs is 1. The SMILES string of the molecule is CC(=O)Nc1nc2scc(-c3ccc(C)cc3C)n2n1. The molecule has 0 radical (unpaired) electrons. The molecule has 1 aromatic carbocycles. The summed E-state index contributed by atoms with van der Waals surface area (Å²) in [5, 5.41) is 8.98. The molecular weight excluding hydrogens is 272 g/mol. The van der Waals surface area contributed by atoms with Gasteiger partial charge in [0.05, 0.1) is 5.69 Å². The molecule has 102 valence electrons. The summed E-state index contributed by atoms with van der Waals surface area (Å²) in [5.41, 5.74) is 4.55. The van der Waals surface area contributed by atoms with Gasteiger partial charge < -0.3 is 0 Å². The fourth-order valence-corrected chi connectivity index (χ4v) is 3.00. The van der Waals surface area contributed by atoms with Gasteiger partial charge in [-0.1, -0.05) is 23.8 Å². The lowest BCUT2D eigenvalue weighted by Gasteiger charge is -2.05. The van der Waals surface area contributed by atoms with E-state index in [2.05, 4.69) is 47.4 Å². The number of nitrogens with zero attached hydrogens (tertiary/aromatic N) is 3. The van der Waals surface area contributed by atoms with Gasteiger partial charge in [-0.25, -0.2) is 4.52 Å². The van der Waals surface area contributed by atoms with Gasteiger partial charge in [0.25, 0.3) is 0 Å². The first-order valence-electron chi connectivity index (χ1n) is 6.24. The van der Waals surface area contributed by atoms with Crippen LogP contribution in [0.15, 0.2) is 23.6 Å². The van der Waals surface area contributed by atoms with Crippen molar-refractivity contribution in [2.45, 2.75) is 20.8 Å². The van der Waals surface area contributed by atoms with Crippen molar-refractivity contribution in [2.24, 2.45) is 0 Å². The number of carbonyl (C=O) groups is 1. The minimum absolute atomic E-state index is 0.170. The van der Waals surface area contributed by atoms with E-state index in [0.717, 1.165) is 16.2 Å². The molecule has 5 nitrogen and oxygen atoms in total. The first kappa shape index (κ1) is 12.8. The van der Waals surface area contributed by atoms with Crippen LogP contribution >= 0.6 is 11.3 Å². The van der Waals surface area contributed by atoms with Gasteiger partial charge in [0.15, 0.2) is 0 Å². The minimum Gasteiger partial charge on any atom is -0.293 e. The second-order valence-electron chi connectivity index (χ2n) is 4.75. The van der Waals surface area contributed by atoms with Gasteiger partial charge in [0, 0.05) is 17.9 Å². The topological polar surface area (TPSA) is 59.3 Å². The molecule has 3 rings (SSSR count). The lowest BCUT2D eigenvalue weighted by molar-refractivity contribution is -0.114. The van der Waals surface area contributed by atoms with Crippen molar-refractivity contribution in [2.75, 3.05) is 5.32 Å². The highest BCUT2D eigenvalue weighted by Crippen LogP contribution is 2.28. The van der Waals surface area contributed by atoms with Crippen LogP contribution < -0.4 is 5.32 Å². The number of hydrogen-bond donors (Lipinski definition) is 1. The lowest BCUT2D eigenvalue weighted by atomic mass is 10.0. The highest BCUT2D eigenvalue weighted by Gasteiger charge is 2.13. The standard InChI is InChI=1S/C14H14N4OS/c1-8-4-5-11(9(2)6-8)12-7-20-14-16-13(15-10(3)19)17-18(12)14/h4-7H,1-3H3,(H,15,17,19). The number of aryl methyl sites for hydroxylation is 2. The van der Waals surface area contributed by atoms with Crippen LogP contribution in [0.5, 0.6) is 0 Å². The molecule has 0 unspecified atom stereocenters. The minimum atomic E-state index is -0.170. The summed E-state index contributed by atoms with van der Waals surface area (Å²) in [5.74, 6) is 0.173.